The highest BCUT2D eigenvalue weighted by Gasteiger charge is 2.12. The maximum Gasteiger partial charge on any atom is 0.257 e. The highest BCUT2D eigenvalue weighted by Crippen LogP contribution is 2.22. The molecule has 3 nitrogen and oxygen atoms in total. The summed E-state index contributed by atoms with van der Waals surface area (Å²) < 4.78 is 1.07. The first-order valence-electron chi connectivity index (χ1n) is 6.20. The van der Waals surface area contributed by atoms with Crippen molar-refractivity contribution in [2.45, 2.75) is 6.92 Å². The van der Waals surface area contributed by atoms with Gasteiger partial charge in [0.2, 0.25) is 0 Å². The summed E-state index contributed by atoms with van der Waals surface area (Å²) in [6, 6.07) is 12.9. The van der Waals surface area contributed by atoms with E-state index in [1.807, 2.05) is 37.3 Å². The largest absolute Gasteiger partial charge is 0.385 e. The van der Waals surface area contributed by atoms with E-state index in [-0.39, 0.29) is 5.91 Å². The molecule has 2 N–H and O–H groups in total. The molecule has 0 aliphatic heterocycles. The smallest absolute Gasteiger partial charge is 0.257 e. The van der Waals surface area contributed by atoms with Gasteiger partial charge in [0.05, 0.1) is 5.56 Å². The van der Waals surface area contributed by atoms with Gasteiger partial charge in [-0.2, -0.15) is 0 Å². The SMILES string of the molecule is CCNc1ccc(Cl)cc1C(=O)Nc1cccc(I)c1. The summed E-state index contributed by atoms with van der Waals surface area (Å²) >= 11 is 8.19. The fourth-order valence-corrected chi connectivity index (χ4v) is 2.53. The van der Waals surface area contributed by atoms with Crippen molar-refractivity contribution in [3.8, 4) is 0 Å². The van der Waals surface area contributed by atoms with Crippen molar-refractivity contribution in [2.75, 3.05) is 17.2 Å². The molecule has 0 aliphatic rings. The van der Waals surface area contributed by atoms with Crippen LogP contribution in [-0.4, -0.2) is 12.5 Å². The summed E-state index contributed by atoms with van der Waals surface area (Å²) in [4.78, 5) is 12.4. The van der Waals surface area contributed by atoms with Crippen LogP contribution in [0.3, 0.4) is 0 Å². The topological polar surface area (TPSA) is 41.1 Å². The second kappa shape index (κ2) is 6.95. The minimum atomic E-state index is -0.176. The van der Waals surface area contributed by atoms with Crippen LogP contribution in [0.4, 0.5) is 11.4 Å². The van der Waals surface area contributed by atoms with Crippen molar-refractivity contribution in [1.82, 2.24) is 0 Å². The lowest BCUT2D eigenvalue weighted by molar-refractivity contribution is 0.102. The third kappa shape index (κ3) is 3.86. The van der Waals surface area contributed by atoms with Crippen molar-refractivity contribution in [2.24, 2.45) is 0 Å². The average molecular weight is 401 g/mol. The van der Waals surface area contributed by atoms with Gasteiger partial charge in [-0.05, 0) is 65.9 Å². The summed E-state index contributed by atoms with van der Waals surface area (Å²) in [6.45, 7) is 2.72. The zero-order valence-corrected chi connectivity index (χ0v) is 13.8. The molecule has 0 saturated carbocycles. The molecule has 0 aromatic heterocycles. The first-order valence-corrected chi connectivity index (χ1v) is 7.66. The van der Waals surface area contributed by atoms with Crippen molar-refractivity contribution >= 4 is 51.5 Å². The molecular formula is C15H14ClIN2O. The fourth-order valence-electron chi connectivity index (χ4n) is 1.81. The van der Waals surface area contributed by atoms with E-state index in [2.05, 4.69) is 33.2 Å². The number of carbonyl (C=O) groups is 1. The normalized spacial score (nSPS) is 10.2. The van der Waals surface area contributed by atoms with E-state index in [0.29, 0.717) is 10.6 Å². The van der Waals surface area contributed by atoms with Crippen LogP contribution in [0.1, 0.15) is 17.3 Å². The second-order valence-electron chi connectivity index (χ2n) is 4.18. The zero-order chi connectivity index (χ0) is 14.5. The molecule has 0 bridgehead atoms. The van der Waals surface area contributed by atoms with E-state index in [1.54, 1.807) is 12.1 Å². The number of benzene rings is 2. The zero-order valence-electron chi connectivity index (χ0n) is 10.9. The van der Waals surface area contributed by atoms with Crippen LogP contribution in [0.5, 0.6) is 0 Å². The number of halogens is 2. The van der Waals surface area contributed by atoms with E-state index < -0.39 is 0 Å². The highest BCUT2D eigenvalue weighted by atomic mass is 127. The molecule has 0 aliphatic carbocycles. The molecule has 2 aromatic rings. The van der Waals surface area contributed by atoms with E-state index in [0.717, 1.165) is 21.5 Å². The van der Waals surface area contributed by atoms with Crippen molar-refractivity contribution in [1.29, 1.82) is 0 Å². The van der Waals surface area contributed by atoms with E-state index >= 15 is 0 Å². The Kier molecular flexibility index (Phi) is 5.25. The monoisotopic (exact) mass is 400 g/mol. The van der Waals surface area contributed by atoms with Gasteiger partial charge in [-0.1, -0.05) is 17.7 Å². The molecule has 104 valence electrons. The number of carbonyl (C=O) groups excluding carboxylic acids is 1. The van der Waals surface area contributed by atoms with Crippen LogP contribution in [0.15, 0.2) is 42.5 Å². The molecule has 2 rings (SSSR count). The number of nitrogens with one attached hydrogen (secondary N) is 2. The number of rotatable bonds is 4. The Labute approximate surface area is 136 Å². The number of hydrogen-bond acceptors (Lipinski definition) is 2. The van der Waals surface area contributed by atoms with Gasteiger partial charge in [0.25, 0.3) is 5.91 Å². The van der Waals surface area contributed by atoms with Gasteiger partial charge in [0.1, 0.15) is 0 Å². The second-order valence-corrected chi connectivity index (χ2v) is 5.87. The van der Waals surface area contributed by atoms with Crippen LogP contribution in [-0.2, 0) is 0 Å². The lowest BCUT2D eigenvalue weighted by Gasteiger charge is -2.11. The highest BCUT2D eigenvalue weighted by molar-refractivity contribution is 14.1. The predicted octanol–water partition coefficient (Wildman–Crippen LogP) is 4.63. The molecule has 0 fully saturated rings. The van der Waals surface area contributed by atoms with Crippen LogP contribution in [0.25, 0.3) is 0 Å². The Hall–Kier alpha value is -1.27. The van der Waals surface area contributed by atoms with Gasteiger partial charge in [-0.15, -0.1) is 0 Å². The van der Waals surface area contributed by atoms with Gasteiger partial charge in [0.15, 0.2) is 0 Å². The molecule has 5 heteroatoms. The molecule has 0 heterocycles. The van der Waals surface area contributed by atoms with Crippen LogP contribution in [0, 0.1) is 3.57 Å². The summed E-state index contributed by atoms with van der Waals surface area (Å²) in [5.41, 5.74) is 2.09. The minimum Gasteiger partial charge on any atom is -0.385 e. The third-order valence-electron chi connectivity index (χ3n) is 2.68. The maximum absolute atomic E-state index is 12.4. The average Bonchev–Trinajstić information content (AvgIpc) is 2.41. The number of amides is 1. The summed E-state index contributed by atoms with van der Waals surface area (Å²) in [7, 11) is 0. The molecule has 0 unspecified atom stereocenters. The van der Waals surface area contributed by atoms with Gasteiger partial charge < -0.3 is 10.6 Å². The van der Waals surface area contributed by atoms with Gasteiger partial charge >= 0.3 is 0 Å². The third-order valence-corrected chi connectivity index (χ3v) is 3.58. The van der Waals surface area contributed by atoms with Gasteiger partial charge in [-0.25, -0.2) is 0 Å². The molecule has 1 amide bonds. The standard InChI is InChI=1S/C15H14ClIN2O/c1-2-18-14-7-6-10(16)8-13(14)15(20)19-12-5-3-4-11(17)9-12/h3-9,18H,2H2,1H3,(H,19,20). The lowest BCUT2D eigenvalue weighted by Crippen LogP contribution is -2.15. The van der Waals surface area contributed by atoms with Crippen molar-refractivity contribution in [3.05, 3.63) is 56.6 Å². The minimum absolute atomic E-state index is 0.176. The first-order chi connectivity index (χ1) is 9.60. The van der Waals surface area contributed by atoms with Crippen LogP contribution in [0.2, 0.25) is 5.02 Å². The van der Waals surface area contributed by atoms with Gasteiger partial charge in [0, 0.05) is 26.5 Å². The Morgan fingerprint density at radius 2 is 2.05 bits per heavy atom. The molecule has 0 saturated heterocycles. The quantitative estimate of drug-likeness (QED) is 0.735. The molecule has 20 heavy (non-hydrogen) atoms. The van der Waals surface area contributed by atoms with Gasteiger partial charge in [-0.3, -0.25) is 4.79 Å². The molecular weight excluding hydrogens is 387 g/mol. The fraction of sp³-hybridized carbons (Fsp3) is 0.133. The number of anilines is 2. The molecule has 2 aromatic carbocycles. The van der Waals surface area contributed by atoms with Crippen molar-refractivity contribution in [3.63, 3.8) is 0 Å². The lowest BCUT2D eigenvalue weighted by atomic mass is 10.1. The first kappa shape index (κ1) is 15.1. The maximum atomic E-state index is 12.4. The molecule has 0 atom stereocenters. The Bertz CT molecular complexity index is 631. The van der Waals surface area contributed by atoms with Crippen LogP contribution >= 0.6 is 34.2 Å². The molecule has 0 radical (unpaired) electrons. The van der Waals surface area contributed by atoms with E-state index in [9.17, 15) is 4.79 Å². The van der Waals surface area contributed by atoms with Crippen LogP contribution < -0.4 is 10.6 Å². The molecule has 0 spiro atoms. The Morgan fingerprint density at radius 1 is 1.25 bits per heavy atom. The summed E-state index contributed by atoms with van der Waals surface area (Å²) in [6.07, 6.45) is 0. The summed E-state index contributed by atoms with van der Waals surface area (Å²) in [5, 5.41) is 6.58. The van der Waals surface area contributed by atoms with Crippen molar-refractivity contribution < 1.29 is 4.79 Å². The van der Waals surface area contributed by atoms with E-state index in [4.69, 9.17) is 11.6 Å². The Morgan fingerprint density at radius 3 is 2.75 bits per heavy atom. The summed E-state index contributed by atoms with van der Waals surface area (Å²) in [5.74, 6) is -0.176. The van der Waals surface area contributed by atoms with E-state index in [1.165, 1.54) is 0 Å². The number of hydrogen-bond donors (Lipinski definition) is 2. The predicted molar refractivity (Wildman–Crippen MR) is 92.7 cm³/mol. The Balaban J connectivity index is 2.26.